The zero-order chi connectivity index (χ0) is 22.7. The Hall–Kier alpha value is -3.39. The Balaban J connectivity index is 1.53. The fourth-order valence-corrected chi connectivity index (χ4v) is 4.46. The summed E-state index contributed by atoms with van der Waals surface area (Å²) in [6.07, 6.45) is 2.67. The summed E-state index contributed by atoms with van der Waals surface area (Å²) in [5.41, 5.74) is 3.10. The molecular weight excluding hydrogens is 431 g/mol. The van der Waals surface area contributed by atoms with E-state index in [4.69, 9.17) is 14.2 Å². The van der Waals surface area contributed by atoms with Crippen LogP contribution in [0, 0.1) is 5.82 Å². The molecule has 0 spiro atoms. The number of hydrogen-bond acceptors (Lipinski definition) is 6. The van der Waals surface area contributed by atoms with E-state index in [1.54, 1.807) is 43.7 Å². The molecule has 1 aromatic heterocycles. The van der Waals surface area contributed by atoms with Gasteiger partial charge in [0, 0.05) is 36.2 Å². The van der Waals surface area contributed by atoms with E-state index in [-0.39, 0.29) is 11.7 Å². The lowest BCUT2D eigenvalue weighted by Gasteiger charge is -2.27. The summed E-state index contributed by atoms with van der Waals surface area (Å²) in [6.45, 7) is 1.00. The van der Waals surface area contributed by atoms with Gasteiger partial charge in [-0.25, -0.2) is 9.37 Å². The van der Waals surface area contributed by atoms with Gasteiger partial charge in [-0.1, -0.05) is 6.08 Å². The molecule has 1 aliphatic rings. The van der Waals surface area contributed by atoms with E-state index < -0.39 is 0 Å². The summed E-state index contributed by atoms with van der Waals surface area (Å²) in [6, 6.07) is 9.74. The molecular formula is C24H23FN2O4S. The van der Waals surface area contributed by atoms with Crippen molar-refractivity contribution in [1.82, 2.24) is 9.88 Å². The second-order valence-electron chi connectivity index (χ2n) is 7.18. The third kappa shape index (κ3) is 4.31. The highest BCUT2D eigenvalue weighted by molar-refractivity contribution is 7.13. The summed E-state index contributed by atoms with van der Waals surface area (Å²) in [4.78, 5) is 19.2. The van der Waals surface area contributed by atoms with Crippen LogP contribution in [0.4, 0.5) is 4.39 Å². The molecule has 1 aliphatic heterocycles. The third-order valence-corrected chi connectivity index (χ3v) is 6.24. The number of halogens is 1. The van der Waals surface area contributed by atoms with Crippen LogP contribution in [0.3, 0.4) is 0 Å². The van der Waals surface area contributed by atoms with Crippen LogP contribution in [0.1, 0.15) is 22.5 Å². The minimum absolute atomic E-state index is 0.126. The molecule has 0 radical (unpaired) electrons. The van der Waals surface area contributed by atoms with Crippen molar-refractivity contribution in [3.63, 3.8) is 0 Å². The second kappa shape index (κ2) is 9.40. The van der Waals surface area contributed by atoms with E-state index >= 15 is 0 Å². The maximum atomic E-state index is 13.2. The zero-order valence-corrected chi connectivity index (χ0v) is 18.9. The van der Waals surface area contributed by atoms with Crippen LogP contribution in [-0.2, 0) is 0 Å². The molecule has 32 heavy (non-hydrogen) atoms. The van der Waals surface area contributed by atoms with Crippen LogP contribution in [-0.4, -0.2) is 50.2 Å². The minimum Gasteiger partial charge on any atom is -0.496 e. The average molecular weight is 455 g/mol. The molecule has 0 atom stereocenters. The van der Waals surface area contributed by atoms with Gasteiger partial charge in [-0.15, -0.1) is 11.3 Å². The van der Waals surface area contributed by atoms with Gasteiger partial charge in [0.1, 0.15) is 33.8 Å². The summed E-state index contributed by atoms with van der Waals surface area (Å²) in [5, 5.41) is 2.43. The number of thiazole rings is 1. The lowest BCUT2D eigenvalue weighted by atomic mass is 9.97. The normalized spacial score (nSPS) is 13.5. The molecule has 8 heteroatoms. The van der Waals surface area contributed by atoms with Crippen molar-refractivity contribution in [2.75, 3.05) is 34.4 Å². The minimum atomic E-state index is -0.303. The first-order chi connectivity index (χ1) is 15.5. The molecule has 1 amide bonds. The van der Waals surface area contributed by atoms with Gasteiger partial charge in [-0.3, -0.25) is 4.79 Å². The smallest absolute Gasteiger partial charge is 0.273 e. The van der Waals surface area contributed by atoms with E-state index in [0.29, 0.717) is 47.5 Å². The van der Waals surface area contributed by atoms with Gasteiger partial charge in [-0.2, -0.15) is 0 Å². The molecule has 4 rings (SSSR count). The molecule has 3 aromatic rings. The number of hydrogen-bond donors (Lipinski definition) is 0. The maximum Gasteiger partial charge on any atom is 0.273 e. The number of aromatic nitrogens is 1. The predicted octanol–water partition coefficient (Wildman–Crippen LogP) is 4.90. The number of rotatable bonds is 6. The number of ether oxygens (including phenoxy) is 3. The monoisotopic (exact) mass is 454 g/mol. The van der Waals surface area contributed by atoms with Crippen LogP contribution < -0.4 is 14.2 Å². The molecule has 0 unspecified atom stereocenters. The molecule has 0 saturated carbocycles. The third-order valence-electron chi connectivity index (χ3n) is 5.35. The Morgan fingerprint density at radius 1 is 1.06 bits per heavy atom. The molecule has 0 N–H and O–H groups in total. The SMILES string of the molecule is COc1cc(OC)c(C2=CCN(C(=O)c3csc(-c4ccc(F)cc4)n3)CC2)c(OC)c1. The van der Waals surface area contributed by atoms with E-state index in [1.807, 2.05) is 18.2 Å². The highest BCUT2D eigenvalue weighted by atomic mass is 32.1. The quantitative estimate of drug-likeness (QED) is 0.530. The molecule has 166 valence electrons. The largest absolute Gasteiger partial charge is 0.496 e. The second-order valence-corrected chi connectivity index (χ2v) is 8.04. The first kappa shape index (κ1) is 21.8. The number of amides is 1. The number of nitrogens with zero attached hydrogens (tertiary/aromatic N) is 2. The summed E-state index contributed by atoms with van der Waals surface area (Å²) >= 11 is 1.37. The van der Waals surface area contributed by atoms with Crippen LogP contribution in [0.15, 0.2) is 47.9 Å². The molecule has 0 bridgehead atoms. The molecule has 6 nitrogen and oxygen atoms in total. The van der Waals surface area contributed by atoms with Crippen molar-refractivity contribution in [3.8, 4) is 27.8 Å². The van der Waals surface area contributed by atoms with Gasteiger partial charge in [0.2, 0.25) is 0 Å². The van der Waals surface area contributed by atoms with E-state index in [9.17, 15) is 9.18 Å². The zero-order valence-electron chi connectivity index (χ0n) is 18.1. The summed E-state index contributed by atoms with van der Waals surface area (Å²) in [5.74, 6) is 1.55. The Labute approximate surface area is 189 Å². The molecule has 0 fully saturated rings. The topological polar surface area (TPSA) is 60.9 Å². The Bertz CT molecular complexity index is 1130. The van der Waals surface area contributed by atoms with Gasteiger partial charge in [0.25, 0.3) is 5.91 Å². The van der Waals surface area contributed by atoms with Gasteiger partial charge in [0.15, 0.2) is 0 Å². The van der Waals surface area contributed by atoms with Crippen molar-refractivity contribution in [3.05, 3.63) is 64.9 Å². The molecule has 0 saturated heterocycles. The maximum absolute atomic E-state index is 13.2. The van der Waals surface area contributed by atoms with Crippen molar-refractivity contribution in [1.29, 1.82) is 0 Å². The van der Waals surface area contributed by atoms with Crippen LogP contribution in [0.5, 0.6) is 17.2 Å². The number of carbonyl (C=O) groups is 1. The van der Waals surface area contributed by atoms with Gasteiger partial charge >= 0.3 is 0 Å². The number of methoxy groups -OCH3 is 3. The fourth-order valence-electron chi connectivity index (χ4n) is 3.66. The van der Waals surface area contributed by atoms with E-state index in [1.165, 1.54) is 23.5 Å². The Kier molecular flexibility index (Phi) is 6.41. The Morgan fingerprint density at radius 2 is 1.75 bits per heavy atom. The van der Waals surface area contributed by atoms with Crippen molar-refractivity contribution < 1.29 is 23.4 Å². The predicted molar refractivity (Wildman–Crippen MR) is 122 cm³/mol. The summed E-state index contributed by atoms with van der Waals surface area (Å²) < 4.78 is 29.6. The highest BCUT2D eigenvalue weighted by Gasteiger charge is 2.25. The Morgan fingerprint density at radius 3 is 2.31 bits per heavy atom. The van der Waals surface area contributed by atoms with Gasteiger partial charge < -0.3 is 19.1 Å². The van der Waals surface area contributed by atoms with Crippen molar-refractivity contribution in [2.24, 2.45) is 0 Å². The van der Waals surface area contributed by atoms with Crippen molar-refractivity contribution in [2.45, 2.75) is 6.42 Å². The van der Waals surface area contributed by atoms with Crippen molar-refractivity contribution >= 4 is 22.8 Å². The van der Waals surface area contributed by atoms with E-state index in [2.05, 4.69) is 4.98 Å². The number of carbonyl (C=O) groups excluding carboxylic acids is 1. The van der Waals surface area contributed by atoms with Crippen LogP contribution in [0.2, 0.25) is 0 Å². The van der Waals surface area contributed by atoms with Gasteiger partial charge in [-0.05, 0) is 36.3 Å². The molecule has 2 aromatic carbocycles. The highest BCUT2D eigenvalue weighted by Crippen LogP contribution is 2.41. The lowest BCUT2D eigenvalue weighted by Crippen LogP contribution is -2.34. The first-order valence-corrected chi connectivity index (χ1v) is 10.9. The van der Waals surface area contributed by atoms with E-state index in [0.717, 1.165) is 16.7 Å². The molecule has 2 heterocycles. The fraction of sp³-hybridized carbons (Fsp3) is 0.250. The number of benzene rings is 2. The lowest BCUT2D eigenvalue weighted by molar-refractivity contribution is 0.0768. The van der Waals surface area contributed by atoms with Crippen LogP contribution >= 0.6 is 11.3 Å². The summed E-state index contributed by atoms with van der Waals surface area (Å²) in [7, 11) is 4.81. The van der Waals surface area contributed by atoms with Crippen LogP contribution in [0.25, 0.3) is 16.1 Å². The standard InChI is InChI=1S/C24H23FN2O4S/c1-29-18-12-20(30-2)22(21(13-18)31-3)15-8-10-27(11-9-15)24(28)19-14-32-23(26-19)16-4-6-17(25)7-5-16/h4-8,12-14H,9-11H2,1-3H3. The van der Waals surface area contributed by atoms with Gasteiger partial charge in [0.05, 0.1) is 26.9 Å². The average Bonchev–Trinajstić information content (AvgIpc) is 3.33. The first-order valence-electron chi connectivity index (χ1n) is 10.0. The molecule has 0 aliphatic carbocycles.